The summed E-state index contributed by atoms with van der Waals surface area (Å²) in [5, 5.41) is 1.89. The van der Waals surface area contributed by atoms with Crippen LogP contribution >= 0.6 is 33.9 Å². The summed E-state index contributed by atoms with van der Waals surface area (Å²) in [5.74, 6) is 0.186. The lowest BCUT2D eigenvalue weighted by molar-refractivity contribution is -0.143. The maximum absolute atomic E-state index is 12.1. The maximum Gasteiger partial charge on any atom is 0.363 e. The number of hydrogen-bond acceptors (Lipinski definition) is 8. The van der Waals surface area contributed by atoms with E-state index in [0.717, 1.165) is 4.88 Å². The molecule has 0 bridgehead atoms. The maximum atomic E-state index is 12.1. The number of carbonyl (C=O) groups is 2. The van der Waals surface area contributed by atoms with E-state index in [1.54, 1.807) is 18.2 Å². The zero-order chi connectivity index (χ0) is 20.1. The van der Waals surface area contributed by atoms with E-state index >= 15 is 0 Å². The number of thiophene rings is 1. The van der Waals surface area contributed by atoms with Gasteiger partial charge in [0.1, 0.15) is 0 Å². The molecule has 0 saturated carbocycles. The third-order valence-electron chi connectivity index (χ3n) is 3.55. The van der Waals surface area contributed by atoms with Crippen LogP contribution in [0.4, 0.5) is 0 Å². The number of ether oxygens (including phenoxy) is 4. The Hall–Kier alpha value is -2.40. The first kappa shape index (κ1) is 20.3. The molecular formula is C19H16INO6S. The Bertz CT molecular complexity index is 952. The molecule has 0 saturated heterocycles. The highest BCUT2D eigenvalue weighted by molar-refractivity contribution is 14.1. The van der Waals surface area contributed by atoms with Crippen molar-refractivity contribution in [1.29, 1.82) is 0 Å². The standard InChI is InChI=1S/C19H16INO6S/c1-3-25-14-9-11(7-12(20)17(14)26-10-16(22)24-2)8-13-19(23)27-18(21-13)15-5-4-6-28-15/h4-9H,3,10H2,1-2H3/b13-8+. The van der Waals surface area contributed by atoms with Gasteiger partial charge < -0.3 is 18.9 Å². The van der Waals surface area contributed by atoms with Crippen molar-refractivity contribution in [2.75, 3.05) is 20.3 Å². The van der Waals surface area contributed by atoms with Gasteiger partial charge in [0.25, 0.3) is 0 Å². The number of nitrogens with zero attached hydrogens (tertiary/aromatic N) is 1. The molecule has 1 aromatic carbocycles. The predicted molar refractivity (Wildman–Crippen MR) is 113 cm³/mol. The fourth-order valence-corrected chi connectivity index (χ4v) is 3.77. The fraction of sp³-hybridized carbons (Fsp3) is 0.211. The molecule has 1 aliphatic rings. The molecule has 9 heteroatoms. The van der Waals surface area contributed by atoms with Crippen LogP contribution < -0.4 is 9.47 Å². The van der Waals surface area contributed by atoms with E-state index in [-0.39, 0.29) is 12.3 Å². The number of esters is 2. The third-order valence-corrected chi connectivity index (χ3v) is 5.21. The Morgan fingerprint density at radius 2 is 2.18 bits per heavy atom. The fourth-order valence-electron chi connectivity index (χ4n) is 2.34. The van der Waals surface area contributed by atoms with Gasteiger partial charge in [-0.15, -0.1) is 11.3 Å². The SMILES string of the molecule is CCOc1cc(/C=C2/N=C(c3cccs3)OC2=O)cc(I)c1OCC(=O)OC. The minimum Gasteiger partial charge on any atom is -0.490 e. The molecule has 0 unspecified atom stereocenters. The minimum absolute atomic E-state index is 0.199. The lowest BCUT2D eigenvalue weighted by Gasteiger charge is -2.14. The molecule has 3 rings (SSSR count). The van der Waals surface area contributed by atoms with E-state index in [0.29, 0.717) is 33.1 Å². The molecule has 0 aliphatic carbocycles. The molecule has 28 heavy (non-hydrogen) atoms. The Balaban J connectivity index is 1.91. The summed E-state index contributed by atoms with van der Waals surface area (Å²) in [7, 11) is 1.29. The van der Waals surface area contributed by atoms with Crippen LogP contribution in [0.25, 0.3) is 6.08 Å². The van der Waals surface area contributed by atoms with Gasteiger partial charge in [-0.05, 0) is 64.7 Å². The largest absolute Gasteiger partial charge is 0.490 e. The monoisotopic (exact) mass is 513 g/mol. The molecule has 0 radical (unpaired) electrons. The van der Waals surface area contributed by atoms with Crippen molar-refractivity contribution in [3.05, 3.63) is 49.4 Å². The number of benzene rings is 1. The van der Waals surface area contributed by atoms with Crippen molar-refractivity contribution < 1.29 is 28.5 Å². The molecular weight excluding hydrogens is 497 g/mol. The quantitative estimate of drug-likeness (QED) is 0.320. The van der Waals surface area contributed by atoms with Gasteiger partial charge in [0.05, 0.1) is 22.2 Å². The minimum atomic E-state index is -0.512. The number of rotatable bonds is 7. The highest BCUT2D eigenvalue weighted by atomic mass is 127. The zero-order valence-corrected chi connectivity index (χ0v) is 18.0. The van der Waals surface area contributed by atoms with Crippen molar-refractivity contribution >= 4 is 57.8 Å². The summed E-state index contributed by atoms with van der Waals surface area (Å²) >= 11 is 3.52. The van der Waals surface area contributed by atoms with Gasteiger partial charge in [0.2, 0.25) is 5.90 Å². The van der Waals surface area contributed by atoms with Crippen LogP contribution in [0.5, 0.6) is 11.5 Å². The van der Waals surface area contributed by atoms with Crippen molar-refractivity contribution in [2.45, 2.75) is 6.92 Å². The Morgan fingerprint density at radius 1 is 1.36 bits per heavy atom. The van der Waals surface area contributed by atoms with Crippen LogP contribution in [-0.2, 0) is 19.1 Å². The van der Waals surface area contributed by atoms with Crippen molar-refractivity contribution in [1.82, 2.24) is 0 Å². The number of cyclic esters (lactones) is 1. The van der Waals surface area contributed by atoms with Gasteiger partial charge in [0, 0.05) is 0 Å². The average Bonchev–Trinajstić information content (AvgIpc) is 3.31. The smallest absolute Gasteiger partial charge is 0.363 e. The molecule has 1 aromatic heterocycles. The van der Waals surface area contributed by atoms with Crippen molar-refractivity contribution in [2.24, 2.45) is 4.99 Å². The summed E-state index contributed by atoms with van der Waals surface area (Å²) in [6.45, 7) is 2.02. The number of halogens is 1. The highest BCUT2D eigenvalue weighted by Crippen LogP contribution is 2.35. The average molecular weight is 513 g/mol. The van der Waals surface area contributed by atoms with Crippen LogP contribution in [0.2, 0.25) is 0 Å². The highest BCUT2D eigenvalue weighted by Gasteiger charge is 2.25. The number of aliphatic imine (C=N–C) groups is 1. The lowest BCUT2D eigenvalue weighted by Crippen LogP contribution is -2.14. The van der Waals surface area contributed by atoms with Crippen LogP contribution in [0.15, 0.2) is 40.3 Å². The van der Waals surface area contributed by atoms with E-state index in [9.17, 15) is 9.59 Å². The van der Waals surface area contributed by atoms with Crippen LogP contribution in [0.1, 0.15) is 17.4 Å². The van der Waals surface area contributed by atoms with E-state index in [1.807, 2.05) is 24.4 Å². The zero-order valence-electron chi connectivity index (χ0n) is 15.1. The van der Waals surface area contributed by atoms with Gasteiger partial charge in [-0.1, -0.05) is 6.07 Å². The molecule has 2 aromatic rings. The summed E-state index contributed by atoms with van der Waals surface area (Å²) < 4.78 is 21.7. The van der Waals surface area contributed by atoms with Gasteiger partial charge >= 0.3 is 11.9 Å². The topological polar surface area (TPSA) is 83.4 Å². The summed E-state index contributed by atoms with van der Waals surface area (Å²) in [6, 6.07) is 7.22. The molecule has 0 atom stereocenters. The molecule has 0 amide bonds. The second kappa shape index (κ2) is 9.20. The first-order valence-electron chi connectivity index (χ1n) is 8.24. The molecule has 1 aliphatic heterocycles. The summed E-state index contributed by atoms with van der Waals surface area (Å²) in [5.41, 5.74) is 0.895. The first-order chi connectivity index (χ1) is 13.5. The summed E-state index contributed by atoms with van der Waals surface area (Å²) in [4.78, 5) is 28.6. The van der Waals surface area contributed by atoms with Crippen LogP contribution in [0.3, 0.4) is 0 Å². The van der Waals surface area contributed by atoms with E-state index in [2.05, 4.69) is 32.3 Å². The van der Waals surface area contributed by atoms with Gasteiger partial charge in [-0.2, -0.15) is 0 Å². The number of hydrogen-bond donors (Lipinski definition) is 0. The molecule has 0 fully saturated rings. The molecule has 146 valence electrons. The molecule has 2 heterocycles. The van der Waals surface area contributed by atoms with Gasteiger partial charge in [-0.3, -0.25) is 0 Å². The predicted octanol–water partition coefficient (Wildman–Crippen LogP) is 3.65. The lowest BCUT2D eigenvalue weighted by atomic mass is 10.1. The van der Waals surface area contributed by atoms with Gasteiger partial charge in [0.15, 0.2) is 23.8 Å². The Labute approximate surface area is 179 Å². The van der Waals surface area contributed by atoms with Crippen LogP contribution in [0, 0.1) is 3.57 Å². The Morgan fingerprint density at radius 3 is 2.86 bits per heavy atom. The second-order valence-corrected chi connectivity index (χ2v) is 7.55. The van der Waals surface area contributed by atoms with Crippen molar-refractivity contribution in [3.63, 3.8) is 0 Å². The van der Waals surface area contributed by atoms with E-state index in [4.69, 9.17) is 14.2 Å². The van der Waals surface area contributed by atoms with E-state index < -0.39 is 11.9 Å². The number of carbonyl (C=O) groups excluding carboxylic acids is 2. The molecule has 7 nitrogen and oxygen atoms in total. The van der Waals surface area contributed by atoms with Crippen LogP contribution in [-0.4, -0.2) is 38.2 Å². The molecule has 0 N–H and O–H groups in total. The Kier molecular flexibility index (Phi) is 6.68. The second-order valence-electron chi connectivity index (χ2n) is 5.44. The van der Waals surface area contributed by atoms with Gasteiger partial charge in [-0.25, -0.2) is 14.6 Å². The summed E-state index contributed by atoms with van der Waals surface area (Å²) in [6.07, 6.45) is 1.62. The number of methoxy groups -OCH3 is 1. The van der Waals surface area contributed by atoms with Crippen molar-refractivity contribution in [3.8, 4) is 11.5 Å². The van der Waals surface area contributed by atoms with E-state index in [1.165, 1.54) is 18.4 Å². The molecule has 0 spiro atoms. The normalized spacial score (nSPS) is 14.6. The third kappa shape index (κ3) is 4.71. The first-order valence-corrected chi connectivity index (χ1v) is 10.2.